The van der Waals surface area contributed by atoms with Gasteiger partial charge in [-0.15, -0.1) is 0 Å². The molecular weight excluding hydrogens is 166 g/mol. The van der Waals surface area contributed by atoms with E-state index in [0.29, 0.717) is 0 Å². The van der Waals surface area contributed by atoms with E-state index in [4.69, 9.17) is 4.74 Å². The Balaban J connectivity index is 3.64. The average molecular weight is 185 g/mol. The summed E-state index contributed by atoms with van der Waals surface area (Å²) in [6.45, 7) is 7.59. The first-order chi connectivity index (χ1) is 5.95. The van der Waals surface area contributed by atoms with Gasteiger partial charge in [0.05, 0.1) is 0 Å². The van der Waals surface area contributed by atoms with Gasteiger partial charge < -0.3 is 4.74 Å². The Morgan fingerprint density at radius 2 is 2.08 bits per heavy atom. The van der Waals surface area contributed by atoms with Gasteiger partial charge in [-0.2, -0.15) is 0 Å². The van der Waals surface area contributed by atoms with Crippen LogP contribution in [0.15, 0.2) is 12.3 Å². The van der Waals surface area contributed by atoms with Crippen LogP contribution < -0.4 is 5.32 Å². The van der Waals surface area contributed by atoms with E-state index in [-0.39, 0.29) is 0 Å². The first-order valence-corrected chi connectivity index (χ1v) is 4.60. The zero-order chi connectivity index (χ0) is 10.3. The zero-order valence-corrected chi connectivity index (χ0v) is 8.89. The molecule has 3 nitrogen and oxygen atoms in total. The van der Waals surface area contributed by atoms with Crippen molar-refractivity contribution in [1.82, 2.24) is 5.32 Å². The van der Waals surface area contributed by atoms with Crippen molar-refractivity contribution >= 4 is 6.09 Å². The number of ether oxygens (including phenoxy) is 1. The normalized spacial score (nSPS) is 11.7. The Morgan fingerprint density at radius 1 is 1.46 bits per heavy atom. The van der Waals surface area contributed by atoms with Gasteiger partial charge in [0, 0.05) is 6.20 Å². The van der Waals surface area contributed by atoms with Crippen LogP contribution in [0.2, 0.25) is 0 Å². The van der Waals surface area contributed by atoms with E-state index < -0.39 is 11.7 Å². The van der Waals surface area contributed by atoms with E-state index in [1.165, 1.54) is 0 Å². The van der Waals surface area contributed by atoms with E-state index in [0.717, 1.165) is 12.8 Å². The average Bonchev–Trinajstić information content (AvgIpc) is 1.94. The maximum atomic E-state index is 11.0. The van der Waals surface area contributed by atoms with Gasteiger partial charge in [-0.3, -0.25) is 5.32 Å². The molecule has 0 saturated carbocycles. The van der Waals surface area contributed by atoms with Crippen molar-refractivity contribution in [3.05, 3.63) is 12.3 Å². The maximum Gasteiger partial charge on any atom is 0.411 e. The lowest BCUT2D eigenvalue weighted by Gasteiger charge is -2.18. The van der Waals surface area contributed by atoms with Crippen molar-refractivity contribution in [3.8, 4) is 0 Å². The summed E-state index contributed by atoms with van der Waals surface area (Å²) in [6.07, 6.45) is 5.17. The molecule has 3 heteroatoms. The third-order valence-corrected chi connectivity index (χ3v) is 1.17. The summed E-state index contributed by atoms with van der Waals surface area (Å²) >= 11 is 0. The predicted octanol–water partition coefficient (Wildman–Crippen LogP) is 2.82. The van der Waals surface area contributed by atoms with Gasteiger partial charge in [-0.25, -0.2) is 4.79 Å². The topological polar surface area (TPSA) is 38.3 Å². The lowest BCUT2D eigenvalue weighted by Crippen LogP contribution is -2.29. The molecule has 0 fully saturated rings. The molecule has 0 heterocycles. The molecule has 0 aliphatic heterocycles. The van der Waals surface area contributed by atoms with E-state index in [1.807, 2.05) is 26.8 Å². The van der Waals surface area contributed by atoms with Crippen LogP contribution in [0.25, 0.3) is 0 Å². The fraction of sp³-hybridized carbons (Fsp3) is 0.700. The zero-order valence-electron chi connectivity index (χ0n) is 8.89. The summed E-state index contributed by atoms with van der Waals surface area (Å²) in [5.74, 6) is 0. The van der Waals surface area contributed by atoms with Crippen LogP contribution in [0.1, 0.15) is 40.5 Å². The molecule has 0 aliphatic carbocycles. The smallest absolute Gasteiger partial charge is 0.411 e. The summed E-state index contributed by atoms with van der Waals surface area (Å²) in [5.41, 5.74) is -0.428. The van der Waals surface area contributed by atoms with Crippen molar-refractivity contribution in [1.29, 1.82) is 0 Å². The lowest BCUT2D eigenvalue weighted by molar-refractivity contribution is 0.0552. The highest BCUT2D eigenvalue weighted by molar-refractivity contribution is 5.68. The number of amides is 1. The molecule has 0 rings (SSSR count). The Kier molecular flexibility index (Phi) is 5.19. The van der Waals surface area contributed by atoms with E-state index >= 15 is 0 Å². The summed E-state index contributed by atoms with van der Waals surface area (Å²) in [4.78, 5) is 11.0. The van der Waals surface area contributed by atoms with E-state index in [2.05, 4.69) is 12.2 Å². The van der Waals surface area contributed by atoms with Crippen LogP contribution in [0.4, 0.5) is 4.79 Å². The molecule has 1 N–H and O–H groups in total. The maximum absolute atomic E-state index is 11.0. The molecule has 0 unspecified atom stereocenters. The van der Waals surface area contributed by atoms with Crippen molar-refractivity contribution in [2.75, 3.05) is 0 Å². The molecule has 0 spiro atoms. The molecule has 0 aromatic heterocycles. The number of hydrogen-bond donors (Lipinski definition) is 1. The Bertz CT molecular complexity index is 180. The Hall–Kier alpha value is -0.990. The number of hydrogen-bond acceptors (Lipinski definition) is 2. The fourth-order valence-electron chi connectivity index (χ4n) is 0.685. The van der Waals surface area contributed by atoms with Crippen LogP contribution in [-0.4, -0.2) is 11.7 Å². The van der Waals surface area contributed by atoms with Gasteiger partial charge in [0.15, 0.2) is 0 Å². The molecule has 13 heavy (non-hydrogen) atoms. The minimum absolute atomic E-state index is 0.403. The lowest BCUT2D eigenvalue weighted by atomic mass is 10.2. The van der Waals surface area contributed by atoms with Gasteiger partial charge >= 0.3 is 6.09 Å². The molecule has 0 radical (unpaired) electrons. The van der Waals surface area contributed by atoms with Crippen molar-refractivity contribution < 1.29 is 9.53 Å². The monoisotopic (exact) mass is 185 g/mol. The standard InChI is InChI=1S/C10H19NO2/c1-5-6-7-8-11-9(12)13-10(2,3)4/h7-8H,5-6H2,1-4H3,(H,11,12)/b8-7+. The molecule has 0 saturated heterocycles. The highest BCUT2D eigenvalue weighted by Crippen LogP contribution is 2.06. The van der Waals surface area contributed by atoms with Gasteiger partial charge in [0.1, 0.15) is 5.60 Å². The summed E-state index contributed by atoms with van der Waals surface area (Å²) < 4.78 is 5.02. The number of nitrogens with one attached hydrogen (secondary N) is 1. The molecule has 0 aliphatic rings. The number of rotatable bonds is 3. The molecule has 0 aromatic rings. The number of carbonyl (C=O) groups excluding carboxylic acids is 1. The van der Waals surface area contributed by atoms with Crippen LogP contribution >= 0.6 is 0 Å². The molecule has 0 aromatic carbocycles. The number of carbonyl (C=O) groups is 1. The van der Waals surface area contributed by atoms with Crippen molar-refractivity contribution in [2.24, 2.45) is 0 Å². The SMILES string of the molecule is CCC/C=C/NC(=O)OC(C)(C)C. The van der Waals surface area contributed by atoms with Crippen LogP contribution in [-0.2, 0) is 4.74 Å². The van der Waals surface area contributed by atoms with Crippen LogP contribution in [0.5, 0.6) is 0 Å². The Labute approximate surface area is 80.2 Å². The highest BCUT2D eigenvalue weighted by atomic mass is 16.6. The third-order valence-electron chi connectivity index (χ3n) is 1.17. The predicted molar refractivity (Wildman–Crippen MR) is 53.4 cm³/mol. The van der Waals surface area contributed by atoms with Crippen molar-refractivity contribution in [2.45, 2.75) is 46.1 Å². The van der Waals surface area contributed by atoms with Gasteiger partial charge in [0.25, 0.3) is 0 Å². The Morgan fingerprint density at radius 3 is 2.54 bits per heavy atom. The summed E-state index contributed by atoms with van der Waals surface area (Å²) in [5, 5.41) is 2.53. The molecule has 76 valence electrons. The first-order valence-electron chi connectivity index (χ1n) is 4.60. The molecule has 0 bridgehead atoms. The quantitative estimate of drug-likeness (QED) is 0.734. The van der Waals surface area contributed by atoms with Gasteiger partial charge in [0.2, 0.25) is 0 Å². The minimum Gasteiger partial charge on any atom is -0.444 e. The molecular formula is C10H19NO2. The van der Waals surface area contributed by atoms with Gasteiger partial charge in [-0.05, 0) is 27.2 Å². The molecule has 1 amide bonds. The summed E-state index contributed by atoms with van der Waals surface area (Å²) in [7, 11) is 0. The number of allylic oxidation sites excluding steroid dienone is 1. The first kappa shape index (κ1) is 12.0. The minimum atomic E-state index is -0.428. The molecule has 0 atom stereocenters. The fourth-order valence-corrected chi connectivity index (χ4v) is 0.685. The second-order valence-electron chi connectivity index (χ2n) is 3.84. The third kappa shape index (κ3) is 8.92. The largest absolute Gasteiger partial charge is 0.444 e. The van der Waals surface area contributed by atoms with Gasteiger partial charge in [-0.1, -0.05) is 19.4 Å². The number of alkyl carbamates (subject to hydrolysis) is 1. The van der Waals surface area contributed by atoms with E-state index in [9.17, 15) is 4.79 Å². The van der Waals surface area contributed by atoms with E-state index in [1.54, 1.807) is 6.20 Å². The van der Waals surface area contributed by atoms with Crippen molar-refractivity contribution in [3.63, 3.8) is 0 Å². The van der Waals surface area contributed by atoms with Crippen LogP contribution in [0, 0.1) is 0 Å². The number of unbranched alkanes of at least 4 members (excludes halogenated alkanes) is 1. The highest BCUT2D eigenvalue weighted by Gasteiger charge is 2.14. The van der Waals surface area contributed by atoms with Crippen LogP contribution in [0.3, 0.4) is 0 Å². The summed E-state index contributed by atoms with van der Waals surface area (Å²) in [6, 6.07) is 0. The second-order valence-corrected chi connectivity index (χ2v) is 3.84. The second kappa shape index (κ2) is 5.62.